The Morgan fingerprint density at radius 2 is 1.46 bits per heavy atom. The summed E-state index contributed by atoms with van der Waals surface area (Å²) in [7, 11) is 0. The molecule has 2 fully saturated rings. The van der Waals surface area contributed by atoms with Crippen molar-refractivity contribution in [3.05, 3.63) is 87.6 Å². The maximum atomic E-state index is 13.0. The number of nitrogens with one attached hydrogen (secondary N) is 4. The van der Waals surface area contributed by atoms with Crippen LogP contribution in [0.15, 0.2) is 65.6 Å². The molecule has 4 heterocycles. The van der Waals surface area contributed by atoms with Crippen LogP contribution in [0.25, 0.3) is 44.1 Å². The SMILES string of the molecule is O=c1c(Cl)c(C2CCCN2)[nH]c2cc(-c3ccc4cc(-c5cnc([C@@H]6CCCN6)[nH]5)ccc4c3)ccc12. The van der Waals surface area contributed by atoms with E-state index in [1.807, 2.05) is 18.3 Å². The molecule has 2 aliphatic rings. The largest absolute Gasteiger partial charge is 0.356 e. The van der Waals surface area contributed by atoms with Crippen molar-refractivity contribution in [2.24, 2.45) is 0 Å². The van der Waals surface area contributed by atoms with Gasteiger partial charge in [-0.3, -0.25) is 4.79 Å². The van der Waals surface area contributed by atoms with Crippen molar-refractivity contribution in [2.75, 3.05) is 13.1 Å². The molecule has 37 heavy (non-hydrogen) atoms. The van der Waals surface area contributed by atoms with E-state index in [0.29, 0.717) is 16.5 Å². The molecule has 1 unspecified atom stereocenters. The molecule has 2 atom stereocenters. The fraction of sp³-hybridized carbons (Fsp3) is 0.267. The molecule has 0 aliphatic carbocycles. The van der Waals surface area contributed by atoms with Crippen molar-refractivity contribution in [3.63, 3.8) is 0 Å². The highest BCUT2D eigenvalue weighted by Gasteiger charge is 2.22. The molecule has 0 amide bonds. The highest BCUT2D eigenvalue weighted by atomic mass is 35.5. The predicted octanol–water partition coefficient (Wildman–Crippen LogP) is 6.24. The molecular formula is C30H28ClN5O. The number of aromatic nitrogens is 3. The van der Waals surface area contributed by atoms with E-state index in [-0.39, 0.29) is 11.5 Å². The van der Waals surface area contributed by atoms with E-state index < -0.39 is 0 Å². The van der Waals surface area contributed by atoms with Gasteiger partial charge >= 0.3 is 0 Å². The van der Waals surface area contributed by atoms with Gasteiger partial charge in [0.25, 0.3) is 0 Å². The van der Waals surface area contributed by atoms with Crippen LogP contribution in [-0.2, 0) is 0 Å². The van der Waals surface area contributed by atoms with Gasteiger partial charge in [-0.1, -0.05) is 41.9 Å². The molecule has 186 valence electrons. The molecule has 3 aromatic carbocycles. The van der Waals surface area contributed by atoms with Crippen molar-refractivity contribution < 1.29 is 0 Å². The highest BCUT2D eigenvalue weighted by molar-refractivity contribution is 6.31. The topological polar surface area (TPSA) is 85.6 Å². The summed E-state index contributed by atoms with van der Waals surface area (Å²) in [6.45, 7) is 2.00. The van der Waals surface area contributed by atoms with E-state index in [2.05, 4.69) is 68.1 Å². The van der Waals surface area contributed by atoms with Crippen LogP contribution in [-0.4, -0.2) is 28.0 Å². The Balaban J connectivity index is 1.22. The van der Waals surface area contributed by atoms with Gasteiger partial charge in [-0.15, -0.1) is 0 Å². The minimum atomic E-state index is -0.109. The van der Waals surface area contributed by atoms with Gasteiger partial charge in [-0.25, -0.2) is 4.98 Å². The molecule has 2 saturated heterocycles. The molecule has 2 aliphatic heterocycles. The summed E-state index contributed by atoms with van der Waals surface area (Å²) in [5, 5.41) is 10.2. The lowest BCUT2D eigenvalue weighted by atomic mass is 9.98. The lowest BCUT2D eigenvalue weighted by molar-refractivity contribution is 0.613. The third kappa shape index (κ3) is 4.06. The summed E-state index contributed by atoms with van der Waals surface area (Å²) >= 11 is 6.47. The highest BCUT2D eigenvalue weighted by Crippen LogP contribution is 2.32. The number of nitrogens with zero attached hydrogens (tertiary/aromatic N) is 1. The lowest BCUT2D eigenvalue weighted by Crippen LogP contribution is -2.18. The first-order chi connectivity index (χ1) is 18.1. The molecular weight excluding hydrogens is 482 g/mol. The van der Waals surface area contributed by atoms with Crippen LogP contribution >= 0.6 is 11.6 Å². The number of aromatic amines is 2. The van der Waals surface area contributed by atoms with Crippen LogP contribution in [0.1, 0.15) is 49.3 Å². The fourth-order valence-corrected chi connectivity index (χ4v) is 6.09. The number of imidazole rings is 1. The monoisotopic (exact) mass is 509 g/mol. The van der Waals surface area contributed by atoms with Crippen LogP contribution in [0.3, 0.4) is 0 Å². The zero-order chi connectivity index (χ0) is 24.9. The minimum absolute atomic E-state index is 0.100. The smallest absolute Gasteiger partial charge is 0.208 e. The zero-order valence-electron chi connectivity index (χ0n) is 20.4. The summed E-state index contributed by atoms with van der Waals surface area (Å²) in [5.74, 6) is 1.02. The van der Waals surface area contributed by atoms with Gasteiger partial charge in [0.2, 0.25) is 5.43 Å². The van der Waals surface area contributed by atoms with Crippen LogP contribution in [0, 0.1) is 0 Å². The van der Waals surface area contributed by atoms with Gasteiger partial charge in [-0.05, 0) is 84.9 Å². The molecule has 2 aromatic heterocycles. The Kier molecular flexibility index (Phi) is 5.61. The van der Waals surface area contributed by atoms with Gasteiger partial charge < -0.3 is 20.6 Å². The molecule has 0 spiro atoms. The Hall–Kier alpha value is -3.45. The average molecular weight is 510 g/mol. The van der Waals surface area contributed by atoms with Crippen molar-refractivity contribution in [1.82, 2.24) is 25.6 Å². The summed E-state index contributed by atoms with van der Waals surface area (Å²) in [5.41, 5.74) is 5.84. The van der Waals surface area contributed by atoms with E-state index in [0.717, 1.165) is 71.8 Å². The maximum Gasteiger partial charge on any atom is 0.208 e. The van der Waals surface area contributed by atoms with E-state index in [9.17, 15) is 4.79 Å². The van der Waals surface area contributed by atoms with E-state index >= 15 is 0 Å². The zero-order valence-corrected chi connectivity index (χ0v) is 21.2. The van der Waals surface area contributed by atoms with Crippen molar-refractivity contribution in [2.45, 2.75) is 37.8 Å². The summed E-state index contributed by atoms with van der Waals surface area (Å²) in [4.78, 5) is 24.6. The van der Waals surface area contributed by atoms with Crippen LogP contribution in [0.2, 0.25) is 5.02 Å². The fourth-order valence-electron chi connectivity index (χ4n) is 5.81. The van der Waals surface area contributed by atoms with E-state index in [1.54, 1.807) is 0 Å². The van der Waals surface area contributed by atoms with Gasteiger partial charge in [0.15, 0.2) is 0 Å². The van der Waals surface area contributed by atoms with Crippen molar-refractivity contribution in [1.29, 1.82) is 0 Å². The number of halogens is 1. The van der Waals surface area contributed by atoms with E-state index in [1.165, 1.54) is 17.2 Å². The first-order valence-electron chi connectivity index (χ1n) is 13.1. The second-order valence-electron chi connectivity index (χ2n) is 10.2. The van der Waals surface area contributed by atoms with Gasteiger partial charge in [0.1, 0.15) is 10.8 Å². The number of rotatable bonds is 4. The standard InChI is InChI=1S/C30H28ClN5O/c31-27-28(23-3-1-11-32-23)35-25-15-20(9-10-22(25)29(27)37)18-5-6-19-14-21(8-7-17(19)13-18)26-16-34-30(36-26)24-4-2-12-33-24/h5-10,13-16,23-24,32-33H,1-4,11-12H2,(H,34,36)(H,35,37)/t23?,24-/m0/s1. The van der Waals surface area contributed by atoms with Crippen molar-refractivity contribution >= 4 is 33.3 Å². The molecule has 4 N–H and O–H groups in total. The van der Waals surface area contributed by atoms with E-state index in [4.69, 9.17) is 11.6 Å². The number of hydrogen-bond acceptors (Lipinski definition) is 4. The van der Waals surface area contributed by atoms with Gasteiger partial charge in [0.05, 0.1) is 29.1 Å². The summed E-state index contributed by atoms with van der Waals surface area (Å²) in [6.07, 6.45) is 6.31. The first-order valence-corrected chi connectivity index (χ1v) is 13.4. The second-order valence-corrected chi connectivity index (χ2v) is 10.6. The predicted molar refractivity (Wildman–Crippen MR) is 150 cm³/mol. The summed E-state index contributed by atoms with van der Waals surface area (Å²) in [6, 6.07) is 19.4. The van der Waals surface area contributed by atoms with Crippen LogP contribution in [0.5, 0.6) is 0 Å². The van der Waals surface area contributed by atoms with Crippen LogP contribution in [0.4, 0.5) is 0 Å². The molecule has 0 saturated carbocycles. The second kappa shape index (κ2) is 9.14. The Morgan fingerprint density at radius 1 is 0.784 bits per heavy atom. The lowest BCUT2D eigenvalue weighted by Gasteiger charge is -2.14. The first kappa shape index (κ1) is 22.7. The third-order valence-corrected chi connectivity index (χ3v) is 8.22. The van der Waals surface area contributed by atoms with Gasteiger partial charge in [0, 0.05) is 17.0 Å². The Morgan fingerprint density at radius 3 is 2.22 bits per heavy atom. The summed E-state index contributed by atoms with van der Waals surface area (Å²) < 4.78 is 0. The van der Waals surface area contributed by atoms with Crippen molar-refractivity contribution in [3.8, 4) is 22.4 Å². The number of H-pyrrole nitrogens is 2. The number of benzene rings is 3. The quantitative estimate of drug-likeness (QED) is 0.231. The van der Waals surface area contributed by atoms with Gasteiger partial charge in [-0.2, -0.15) is 0 Å². The average Bonchev–Trinajstić information content (AvgIpc) is 3.72. The number of pyridine rings is 1. The molecule has 6 nitrogen and oxygen atoms in total. The molecule has 7 heteroatoms. The number of hydrogen-bond donors (Lipinski definition) is 4. The third-order valence-electron chi connectivity index (χ3n) is 7.85. The number of fused-ring (bicyclic) bond motifs is 2. The molecule has 0 radical (unpaired) electrons. The van der Waals surface area contributed by atoms with Crippen LogP contribution < -0.4 is 16.1 Å². The Labute approximate surface area is 219 Å². The normalized spacial score (nSPS) is 19.8. The molecule has 5 aromatic rings. The Bertz CT molecular complexity index is 1690. The minimum Gasteiger partial charge on any atom is -0.356 e. The molecule has 0 bridgehead atoms. The maximum absolute atomic E-state index is 13.0. The molecule has 7 rings (SSSR count).